The number of hydrogen-bond donors (Lipinski definition) is 0. The number of likely N-dealkylation sites (tertiary alicyclic amines) is 1. The van der Waals surface area contributed by atoms with Crippen LogP contribution in [0.4, 0.5) is 8.78 Å². The molecule has 26 heavy (non-hydrogen) atoms. The van der Waals surface area contributed by atoms with Crippen molar-refractivity contribution in [2.24, 2.45) is 0 Å². The molecule has 6 nitrogen and oxygen atoms in total. The fourth-order valence-electron chi connectivity index (χ4n) is 3.55. The predicted octanol–water partition coefficient (Wildman–Crippen LogP) is 1.28. The van der Waals surface area contributed by atoms with E-state index in [1.807, 2.05) is 16.7 Å². The van der Waals surface area contributed by atoms with Crippen molar-refractivity contribution in [2.45, 2.75) is 30.7 Å². The van der Waals surface area contributed by atoms with Gasteiger partial charge in [0.2, 0.25) is 15.9 Å². The quantitative estimate of drug-likeness (QED) is 0.781. The highest BCUT2D eigenvalue weighted by molar-refractivity contribution is 7.89. The normalized spacial score (nSPS) is 21.1. The van der Waals surface area contributed by atoms with Gasteiger partial charge in [-0.25, -0.2) is 17.2 Å². The van der Waals surface area contributed by atoms with Gasteiger partial charge in [-0.05, 0) is 31.9 Å². The molecule has 2 aliphatic heterocycles. The minimum atomic E-state index is -4.25. The minimum absolute atomic E-state index is 0.0546. The van der Waals surface area contributed by atoms with Crippen LogP contribution >= 0.6 is 0 Å². The van der Waals surface area contributed by atoms with Crippen LogP contribution in [0.1, 0.15) is 19.8 Å². The van der Waals surface area contributed by atoms with Crippen LogP contribution in [-0.4, -0.2) is 73.7 Å². The summed E-state index contributed by atoms with van der Waals surface area (Å²) in [6, 6.07) is 2.67. The number of sulfonamides is 1. The van der Waals surface area contributed by atoms with Crippen molar-refractivity contribution in [3.8, 4) is 0 Å². The Bertz CT molecular complexity index is 753. The Morgan fingerprint density at radius 2 is 1.54 bits per heavy atom. The Morgan fingerprint density at radius 3 is 2.08 bits per heavy atom. The summed E-state index contributed by atoms with van der Waals surface area (Å²) in [6.45, 7) is 4.23. The molecule has 0 N–H and O–H groups in total. The van der Waals surface area contributed by atoms with Gasteiger partial charge in [-0.3, -0.25) is 9.69 Å². The third kappa shape index (κ3) is 3.60. The molecule has 1 amide bonds. The third-order valence-electron chi connectivity index (χ3n) is 5.11. The number of hydrogen-bond acceptors (Lipinski definition) is 4. The maximum absolute atomic E-state index is 13.9. The molecule has 0 bridgehead atoms. The van der Waals surface area contributed by atoms with E-state index in [9.17, 15) is 22.0 Å². The summed E-state index contributed by atoms with van der Waals surface area (Å²) >= 11 is 0. The lowest BCUT2D eigenvalue weighted by Gasteiger charge is -2.37. The number of carbonyl (C=O) groups is 1. The average molecular weight is 387 g/mol. The topological polar surface area (TPSA) is 60.9 Å². The predicted molar refractivity (Wildman–Crippen MR) is 92.0 cm³/mol. The van der Waals surface area contributed by atoms with Gasteiger partial charge in [0.1, 0.15) is 11.6 Å². The fourth-order valence-corrected chi connectivity index (χ4v) is 5.08. The van der Waals surface area contributed by atoms with Gasteiger partial charge in [-0.1, -0.05) is 6.07 Å². The lowest BCUT2D eigenvalue weighted by atomic mass is 10.2. The van der Waals surface area contributed by atoms with Crippen LogP contribution in [0.25, 0.3) is 0 Å². The van der Waals surface area contributed by atoms with E-state index in [2.05, 4.69) is 0 Å². The lowest BCUT2D eigenvalue weighted by Crippen LogP contribution is -2.55. The second kappa shape index (κ2) is 7.58. The summed E-state index contributed by atoms with van der Waals surface area (Å²) in [7, 11) is -4.25. The smallest absolute Gasteiger partial charge is 0.249 e. The molecule has 0 spiro atoms. The van der Waals surface area contributed by atoms with Crippen molar-refractivity contribution in [1.82, 2.24) is 14.1 Å². The maximum atomic E-state index is 13.9. The molecule has 0 aliphatic carbocycles. The number of halogens is 2. The average Bonchev–Trinajstić information content (AvgIpc) is 3.15. The van der Waals surface area contributed by atoms with E-state index in [1.54, 1.807) is 0 Å². The van der Waals surface area contributed by atoms with Gasteiger partial charge in [0.05, 0.1) is 6.04 Å². The summed E-state index contributed by atoms with van der Waals surface area (Å²) in [5.41, 5.74) is 0. The van der Waals surface area contributed by atoms with Crippen molar-refractivity contribution in [3.63, 3.8) is 0 Å². The molecule has 0 unspecified atom stereocenters. The largest absolute Gasteiger partial charge is 0.341 e. The first-order valence-corrected chi connectivity index (χ1v) is 10.2. The van der Waals surface area contributed by atoms with E-state index < -0.39 is 26.6 Å². The van der Waals surface area contributed by atoms with E-state index >= 15 is 0 Å². The van der Waals surface area contributed by atoms with Gasteiger partial charge in [-0.15, -0.1) is 0 Å². The lowest BCUT2D eigenvalue weighted by molar-refractivity contribution is -0.135. The molecule has 1 atom stereocenters. The van der Waals surface area contributed by atoms with Crippen LogP contribution in [0.2, 0.25) is 0 Å². The van der Waals surface area contributed by atoms with Crippen LogP contribution in [-0.2, 0) is 14.8 Å². The van der Waals surface area contributed by atoms with Crippen LogP contribution in [0, 0.1) is 11.6 Å². The molecule has 0 radical (unpaired) electrons. The van der Waals surface area contributed by atoms with Gasteiger partial charge >= 0.3 is 0 Å². The maximum Gasteiger partial charge on any atom is 0.249 e. The van der Waals surface area contributed by atoms with Crippen molar-refractivity contribution >= 4 is 15.9 Å². The molecule has 2 saturated heterocycles. The van der Waals surface area contributed by atoms with E-state index in [-0.39, 0.29) is 25.0 Å². The summed E-state index contributed by atoms with van der Waals surface area (Å²) in [5.74, 6) is -2.13. The fraction of sp³-hybridized carbons (Fsp3) is 0.588. The summed E-state index contributed by atoms with van der Waals surface area (Å²) < 4.78 is 54.0. The third-order valence-corrected chi connectivity index (χ3v) is 7.06. The van der Waals surface area contributed by atoms with Crippen molar-refractivity contribution in [3.05, 3.63) is 29.8 Å². The summed E-state index contributed by atoms with van der Waals surface area (Å²) in [5, 5.41) is 0. The molecular weight excluding hydrogens is 364 g/mol. The Morgan fingerprint density at radius 1 is 1.00 bits per heavy atom. The van der Waals surface area contributed by atoms with Gasteiger partial charge in [0.15, 0.2) is 4.90 Å². The van der Waals surface area contributed by atoms with Gasteiger partial charge in [0, 0.05) is 39.3 Å². The van der Waals surface area contributed by atoms with Crippen LogP contribution in [0.5, 0.6) is 0 Å². The molecule has 1 aromatic rings. The van der Waals surface area contributed by atoms with E-state index in [1.165, 1.54) is 0 Å². The molecule has 0 aromatic heterocycles. The number of rotatable bonds is 4. The highest BCUT2D eigenvalue weighted by Crippen LogP contribution is 2.24. The van der Waals surface area contributed by atoms with Crippen molar-refractivity contribution < 1.29 is 22.0 Å². The van der Waals surface area contributed by atoms with Crippen LogP contribution < -0.4 is 0 Å². The van der Waals surface area contributed by atoms with E-state index in [4.69, 9.17) is 0 Å². The molecule has 9 heteroatoms. The van der Waals surface area contributed by atoms with Crippen LogP contribution in [0.15, 0.2) is 23.1 Å². The molecular formula is C17H23F2N3O3S. The Kier molecular flexibility index (Phi) is 5.59. The SMILES string of the molecule is C[C@H](C(=O)N1CCCC1)N1CCN(S(=O)(=O)c2c(F)cccc2F)CC1. The zero-order valence-electron chi connectivity index (χ0n) is 14.7. The minimum Gasteiger partial charge on any atom is -0.341 e. The molecule has 1 aromatic carbocycles. The van der Waals surface area contributed by atoms with E-state index in [0.29, 0.717) is 13.1 Å². The highest BCUT2D eigenvalue weighted by atomic mass is 32.2. The van der Waals surface area contributed by atoms with Crippen LogP contribution in [0.3, 0.4) is 0 Å². The van der Waals surface area contributed by atoms with Crippen molar-refractivity contribution in [1.29, 1.82) is 0 Å². The monoisotopic (exact) mass is 387 g/mol. The number of piperazine rings is 1. The number of amides is 1. The zero-order valence-corrected chi connectivity index (χ0v) is 15.5. The Hall–Kier alpha value is -1.58. The summed E-state index contributed by atoms with van der Waals surface area (Å²) in [6.07, 6.45) is 2.03. The molecule has 144 valence electrons. The molecule has 2 aliphatic rings. The number of nitrogens with zero attached hydrogens (tertiary/aromatic N) is 3. The first kappa shape index (κ1) is 19.2. The standard InChI is InChI=1S/C17H23F2N3O3S/c1-13(17(23)21-7-2-3-8-21)20-9-11-22(12-10-20)26(24,25)16-14(18)5-4-6-15(16)19/h4-6,13H,2-3,7-12H2,1H3/t13-/m1/s1. The number of benzene rings is 1. The second-order valence-electron chi connectivity index (χ2n) is 6.70. The molecule has 3 rings (SSSR count). The van der Waals surface area contributed by atoms with Gasteiger partial charge in [-0.2, -0.15) is 4.31 Å². The zero-order chi connectivity index (χ0) is 18.9. The molecule has 2 heterocycles. The number of carbonyl (C=O) groups excluding carboxylic acids is 1. The molecule has 0 saturated carbocycles. The van der Waals surface area contributed by atoms with Gasteiger partial charge in [0.25, 0.3) is 0 Å². The molecule has 2 fully saturated rings. The van der Waals surface area contributed by atoms with E-state index in [0.717, 1.165) is 48.4 Å². The first-order chi connectivity index (χ1) is 12.3. The summed E-state index contributed by atoms with van der Waals surface area (Å²) in [4.78, 5) is 15.3. The first-order valence-electron chi connectivity index (χ1n) is 8.79. The Balaban J connectivity index is 1.67. The van der Waals surface area contributed by atoms with Crippen molar-refractivity contribution in [2.75, 3.05) is 39.3 Å². The Labute approximate surface area is 152 Å². The highest BCUT2D eigenvalue weighted by Gasteiger charge is 2.36. The second-order valence-corrected chi connectivity index (χ2v) is 8.57. The van der Waals surface area contributed by atoms with Gasteiger partial charge < -0.3 is 4.90 Å².